The van der Waals surface area contributed by atoms with E-state index < -0.39 is 6.10 Å². The molecule has 3 nitrogen and oxygen atoms in total. The molecule has 0 spiro atoms. The van der Waals surface area contributed by atoms with Crippen molar-refractivity contribution in [2.24, 2.45) is 23.7 Å². The molecule has 0 amide bonds. The van der Waals surface area contributed by atoms with Gasteiger partial charge in [0.2, 0.25) is 0 Å². The van der Waals surface area contributed by atoms with Gasteiger partial charge in [-0.25, -0.2) is 0 Å². The van der Waals surface area contributed by atoms with E-state index in [2.05, 4.69) is 19.9 Å². The second-order valence-corrected chi connectivity index (χ2v) is 5.77. The van der Waals surface area contributed by atoms with Crippen LogP contribution in [0.1, 0.15) is 40.0 Å². The van der Waals surface area contributed by atoms with E-state index in [0.717, 1.165) is 12.8 Å². The SMILES string of the molecule is CCOC(=O)C1CC=C(C)[C@@H]2CC[C@@H](C)[C@H]2C1O. The van der Waals surface area contributed by atoms with Gasteiger partial charge in [-0.3, -0.25) is 4.79 Å². The first-order valence-corrected chi connectivity index (χ1v) is 7.07. The fourth-order valence-electron chi connectivity index (χ4n) is 3.69. The van der Waals surface area contributed by atoms with Crippen molar-refractivity contribution in [1.29, 1.82) is 0 Å². The number of rotatable bonds is 2. The van der Waals surface area contributed by atoms with Gasteiger partial charge in [0.1, 0.15) is 0 Å². The molecule has 3 heteroatoms. The molecule has 0 heterocycles. The standard InChI is InChI=1S/C15H24O3/c1-4-18-15(17)12-8-5-9(2)11-7-6-10(3)13(11)14(12)16/h5,10-14,16H,4,6-8H2,1-3H3/t10-,11+,12?,13-,14?/m1/s1. The molecule has 0 aromatic heterocycles. The predicted octanol–water partition coefficient (Wildman–Crippen LogP) is 2.54. The molecular formula is C15H24O3. The Labute approximate surface area is 109 Å². The van der Waals surface area contributed by atoms with Crippen LogP contribution in [0.3, 0.4) is 0 Å². The highest BCUT2D eigenvalue weighted by Gasteiger charge is 2.45. The zero-order chi connectivity index (χ0) is 13.3. The lowest BCUT2D eigenvalue weighted by Gasteiger charge is -2.30. The summed E-state index contributed by atoms with van der Waals surface area (Å²) in [5, 5.41) is 10.6. The maximum atomic E-state index is 12.0. The largest absolute Gasteiger partial charge is 0.466 e. The summed E-state index contributed by atoms with van der Waals surface area (Å²) in [5.74, 6) is 0.542. The molecule has 1 N–H and O–H groups in total. The highest BCUT2D eigenvalue weighted by atomic mass is 16.5. The lowest BCUT2D eigenvalue weighted by Crippen LogP contribution is -2.38. The van der Waals surface area contributed by atoms with Crippen LogP contribution in [-0.2, 0) is 9.53 Å². The van der Waals surface area contributed by atoms with E-state index in [9.17, 15) is 9.90 Å². The Balaban J connectivity index is 2.22. The second-order valence-electron chi connectivity index (χ2n) is 5.77. The van der Waals surface area contributed by atoms with Gasteiger partial charge in [-0.2, -0.15) is 0 Å². The average molecular weight is 252 g/mol. The maximum absolute atomic E-state index is 12.0. The van der Waals surface area contributed by atoms with Crippen molar-refractivity contribution in [3.63, 3.8) is 0 Å². The molecule has 5 atom stereocenters. The minimum atomic E-state index is -0.555. The van der Waals surface area contributed by atoms with Gasteiger partial charge in [-0.15, -0.1) is 0 Å². The van der Waals surface area contributed by atoms with Crippen LogP contribution in [-0.4, -0.2) is 23.8 Å². The molecule has 1 saturated carbocycles. The molecule has 18 heavy (non-hydrogen) atoms. The Morgan fingerprint density at radius 2 is 2.22 bits per heavy atom. The third-order valence-corrected chi connectivity index (χ3v) is 4.73. The molecule has 0 aromatic rings. The summed E-state index contributed by atoms with van der Waals surface area (Å²) in [5.41, 5.74) is 1.34. The molecule has 1 fully saturated rings. The lowest BCUT2D eigenvalue weighted by atomic mass is 9.79. The molecule has 2 aliphatic rings. The van der Waals surface area contributed by atoms with Crippen molar-refractivity contribution in [2.75, 3.05) is 6.61 Å². The smallest absolute Gasteiger partial charge is 0.311 e. The Bertz CT molecular complexity index is 348. The number of esters is 1. The summed E-state index contributed by atoms with van der Waals surface area (Å²) < 4.78 is 5.10. The van der Waals surface area contributed by atoms with Crippen LogP contribution >= 0.6 is 0 Å². The highest BCUT2D eigenvalue weighted by molar-refractivity contribution is 5.73. The van der Waals surface area contributed by atoms with Crippen molar-refractivity contribution in [3.8, 4) is 0 Å². The number of allylic oxidation sites excluding steroid dienone is 2. The van der Waals surface area contributed by atoms with Crippen LogP contribution < -0.4 is 0 Å². The predicted molar refractivity (Wildman–Crippen MR) is 69.9 cm³/mol. The van der Waals surface area contributed by atoms with Gasteiger partial charge in [0.05, 0.1) is 18.6 Å². The second kappa shape index (κ2) is 5.43. The number of hydrogen-bond donors (Lipinski definition) is 1. The normalized spacial score (nSPS) is 39.8. The van der Waals surface area contributed by atoms with Crippen LogP contribution in [0, 0.1) is 23.7 Å². The summed E-state index contributed by atoms with van der Waals surface area (Å²) in [6, 6.07) is 0. The first-order chi connectivity index (χ1) is 8.56. The van der Waals surface area contributed by atoms with E-state index in [0.29, 0.717) is 24.9 Å². The number of aliphatic hydroxyl groups is 1. The Morgan fingerprint density at radius 3 is 2.89 bits per heavy atom. The van der Waals surface area contributed by atoms with Crippen LogP contribution in [0.5, 0.6) is 0 Å². The van der Waals surface area contributed by atoms with Crippen molar-refractivity contribution in [2.45, 2.75) is 46.1 Å². The Morgan fingerprint density at radius 1 is 1.50 bits per heavy atom. The topological polar surface area (TPSA) is 46.5 Å². The Kier molecular flexibility index (Phi) is 4.10. The number of carbonyl (C=O) groups is 1. The fraction of sp³-hybridized carbons (Fsp3) is 0.800. The minimum Gasteiger partial charge on any atom is -0.466 e. The third-order valence-electron chi connectivity index (χ3n) is 4.73. The van der Waals surface area contributed by atoms with Gasteiger partial charge in [-0.1, -0.05) is 18.6 Å². The average Bonchev–Trinajstić information content (AvgIpc) is 2.65. The van der Waals surface area contributed by atoms with Crippen molar-refractivity contribution in [3.05, 3.63) is 11.6 Å². The number of carbonyl (C=O) groups excluding carboxylic acids is 1. The summed E-state index contributed by atoms with van der Waals surface area (Å²) in [4.78, 5) is 12.0. The maximum Gasteiger partial charge on any atom is 0.311 e. The van der Waals surface area contributed by atoms with E-state index in [1.807, 2.05) is 6.92 Å². The van der Waals surface area contributed by atoms with Crippen molar-refractivity contribution in [1.82, 2.24) is 0 Å². The van der Waals surface area contributed by atoms with E-state index in [1.54, 1.807) is 0 Å². The molecule has 0 aliphatic heterocycles. The minimum absolute atomic E-state index is 0.221. The molecule has 2 aliphatic carbocycles. The van der Waals surface area contributed by atoms with Crippen LogP contribution in [0.15, 0.2) is 11.6 Å². The van der Waals surface area contributed by atoms with Gasteiger partial charge in [-0.05, 0) is 50.9 Å². The van der Waals surface area contributed by atoms with Gasteiger partial charge >= 0.3 is 5.97 Å². The Hall–Kier alpha value is -0.830. The van der Waals surface area contributed by atoms with Gasteiger partial charge in [0.15, 0.2) is 0 Å². The molecular weight excluding hydrogens is 228 g/mol. The van der Waals surface area contributed by atoms with E-state index in [1.165, 1.54) is 5.57 Å². The quantitative estimate of drug-likeness (QED) is 0.607. The van der Waals surface area contributed by atoms with E-state index in [-0.39, 0.29) is 17.8 Å². The summed E-state index contributed by atoms with van der Waals surface area (Å²) in [7, 11) is 0. The number of ether oxygens (including phenoxy) is 1. The van der Waals surface area contributed by atoms with E-state index >= 15 is 0 Å². The molecule has 2 unspecified atom stereocenters. The first-order valence-electron chi connectivity index (χ1n) is 7.07. The molecule has 102 valence electrons. The summed E-state index contributed by atoms with van der Waals surface area (Å²) in [6.07, 6.45) is 4.48. The zero-order valence-corrected chi connectivity index (χ0v) is 11.6. The molecule has 2 rings (SSSR count). The monoisotopic (exact) mass is 252 g/mol. The van der Waals surface area contributed by atoms with Gasteiger partial charge in [0.25, 0.3) is 0 Å². The molecule has 0 aromatic carbocycles. The van der Waals surface area contributed by atoms with Crippen LogP contribution in [0.25, 0.3) is 0 Å². The van der Waals surface area contributed by atoms with Crippen LogP contribution in [0.2, 0.25) is 0 Å². The van der Waals surface area contributed by atoms with Crippen LogP contribution in [0.4, 0.5) is 0 Å². The van der Waals surface area contributed by atoms with Crippen molar-refractivity contribution < 1.29 is 14.6 Å². The summed E-state index contributed by atoms with van der Waals surface area (Å²) >= 11 is 0. The number of aliphatic hydroxyl groups excluding tert-OH is 1. The molecule has 0 saturated heterocycles. The van der Waals surface area contributed by atoms with Gasteiger partial charge < -0.3 is 9.84 Å². The summed E-state index contributed by atoms with van der Waals surface area (Å²) in [6.45, 7) is 6.52. The molecule has 0 radical (unpaired) electrons. The number of hydrogen-bond acceptors (Lipinski definition) is 3. The van der Waals surface area contributed by atoms with E-state index in [4.69, 9.17) is 4.74 Å². The van der Waals surface area contributed by atoms with Gasteiger partial charge in [0, 0.05) is 0 Å². The lowest BCUT2D eigenvalue weighted by molar-refractivity contribution is -0.153. The van der Waals surface area contributed by atoms with Crippen molar-refractivity contribution >= 4 is 5.97 Å². The zero-order valence-electron chi connectivity index (χ0n) is 11.6. The number of fused-ring (bicyclic) bond motifs is 1. The fourth-order valence-corrected chi connectivity index (χ4v) is 3.69. The highest BCUT2D eigenvalue weighted by Crippen LogP contribution is 2.46. The third kappa shape index (κ3) is 2.33. The first kappa shape index (κ1) is 13.6. The molecule has 0 bridgehead atoms.